The van der Waals surface area contributed by atoms with Crippen molar-refractivity contribution < 1.29 is 27.5 Å². The number of nitrogens with one attached hydrogen (secondary N) is 1. The molecule has 1 N–H and O–H groups in total. The van der Waals surface area contributed by atoms with Crippen molar-refractivity contribution in [2.45, 2.75) is 57.5 Å². The van der Waals surface area contributed by atoms with Crippen LogP contribution in [-0.2, 0) is 26.0 Å². The topological polar surface area (TPSA) is 105 Å². The summed E-state index contributed by atoms with van der Waals surface area (Å²) in [6, 6.07) is 13.9. The summed E-state index contributed by atoms with van der Waals surface area (Å²) in [5.41, 5.74) is 1.32. The molecule has 1 heterocycles. The molecule has 206 valence electrons. The van der Waals surface area contributed by atoms with Crippen molar-refractivity contribution in [3.63, 3.8) is 0 Å². The lowest BCUT2D eigenvalue weighted by Crippen LogP contribution is -2.53. The standard InChI is InChI=1S/C28H37N3O6S/c1-21(28(33)29-23-11-7-4-8-12-23)30(16-15-22-9-5-3-6-10-22)27(32)20-31(38(2,34)35)24-13-14-25-26(19-24)37-18-17-36-25/h3,5-6,9-10,13-14,19,21,23H,4,7-8,11-12,15-18,20H2,1-2H3,(H,29,33)/t21-/m1/s1. The van der Waals surface area contributed by atoms with Crippen LogP contribution in [0.5, 0.6) is 11.5 Å². The molecule has 0 aromatic heterocycles. The summed E-state index contributed by atoms with van der Waals surface area (Å²) in [5.74, 6) is 0.282. The zero-order valence-corrected chi connectivity index (χ0v) is 22.9. The highest BCUT2D eigenvalue weighted by Crippen LogP contribution is 2.34. The summed E-state index contributed by atoms with van der Waals surface area (Å²) >= 11 is 0. The van der Waals surface area contributed by atoms with Crippen LogP contribution in [0.3, 0.4) is 0 Å². The molecule has 9 nitrogen and oxygen atoms in total. The van der Waals surface area contributed by atoms with Gasteiger partial charge in [0.1, 0.15) is 25.8 Å². The summed E-state index contributed by atoms with van der Waals surface area (Å²) < 4.78 is 37.8. The number of rotatable bonds is 10. The molecule has 0 bridgehead atoms. The second-order valence-corrected chi connectivity index (χ2v) is 11.8. The van der Waals surface area contributed by atoms with Gasteiger partial charge >= 0.3 is 0 Å². The molecule has 4 rings (SSSR count). The molecule has 10 heteroatoms. The SMILES string of the molecule is C[C@H](C(=O)NC1CCCCC1)N(CCc1ccccc1)C(=O)CN(c1ccc2c(c1)OCCO2)S(C)(=O)=O. The zero-order chi connectivity index (χ0) is 27.1. The van der Waals surface area contributed by atoms with Gasteiger partial charge in [0.05, 0.1) is 11.9 Å². The van der Waals surface area contributed by atoms with Gasteiger partial charge < -0.3 is 19.7 Å². The molecule has 1 aliphatic carbocycles. The Morgan fingerprint density at radius 3 is 2.37 bits per heavy atom. The molecule has 0 spiro atoms. The number of hydrogen-bond donors (Lipinski definition) is 1. The first kappa shape index (κ1) is 27.8. The molecule has 2 amide bonds. The summed E-state index contributed by atoms with van der Waals surface area (Å²) in [6.45, 7) is 2.32. The molecule has 2 aliphatic rings. The monoisotopic (exact) mass is 543 g/mol. The number of fused-ring (bicyclic) bond motifs is 1. The van der Waals surface area contributed by atoms with E-state index in [4.69, 9.17) is 9.47 Å². The lowest BCUT2D eigenvalue weighted by atomic mass is 9.95. The fraction of sp³-hybridized carbons (Fsp3) is 0.500. The molecule has 1 fully saturated rings. The molecule has 0 radical (unpaired) electrons. The van der Waals surface area contributed by atoms with Crippen LogP contribution >= 0.6 is 0 Å². The van der Waals surface area contributed by atoms with Gasteiger partial charge in [-0.3, -0.25) is 13.9 Å². The summed E-state index contributed by atoms with van der Waals surface area (Å²) in [4.78, 5) is 28.4. The maximum absolute atomic E-state index is 13.7. The average molecular weight is 544 g/mol. The van der Waals surface area contributed by atoms with Crippen LogP contribution in [-0.4, -0.2) is 69.8 Å². The number of carbonyl (C=O) groups excluding carboxylic acids is 2. The van der Waals surface area contributed by atoms with Crippen molar-refractivity contribution in [1.29, 1.82) is 0 Å². The Morgan fingerprint density at radius 2 is 1.68 bits per heavy atom. The van der Waals surface area contributed by atoms with Crippen LogP contribution in [0.4, 0.5) is 5.69 Å². The van der Waals surface area contributed by atoms with Crippen LogP contribution in [0.2, 0.25) is 0 Å². The molecule has 0 unspecified atom stereocenters. The molecule has 2 aromatic rings. The van der Waals surface area contributed by atoms with Crippen LogP contribution < -0.4 is 19.1 Å². The minimum atomic E-state index is -3.82. The molecule has 1 saturated carbocycles. The van der Waals surface area contributed by atoms with Gasteiger partial charge in [0.2, 0.25) is 21.8 Å². The van der Waals surface area contributed by atoms with E-state index in [0.717, 1.165) is 41.8 Å². The fourth-order valence-corrected chi connectivity index (χ4v) is 5.78. The van der Waals surface area contributed by atoms with Gasteiger partial charge in [-0.1, -0.05) is 49.6 Å². The minimum absolute atomic E-state index is 0.106. The van der Waals surface area contributed by atoms with Crippen LogP contribution in [0.25, 0.3) is 0 Å². The number of nitrogens with zero attached hydrogens (tertiary/aromatic N) is 2. The first-order valence-corrected chi connectivity index (χ1v) is 15.1. The van der Waals surface area contributed by atoms with Crippen molar-refractivity contribution in [3.8, 4) is 11.5 Å². The lowest BCUT2D eigenvalue weighted by Gasteiger charge is -2.33. The van der Waals surface area contributed by atoms with Crippen molar-refractivity contribution in [1.82, 2.24) is 10.2 Å². The van der Waals surface area contributed by atoms with E-state index in [9.17, 15) is 18.0 Å². The second-order valence-electron chi connectivity index (χ2n) is 9.94. The molecular weight excluding hydrogens is 506 g/mol. The van der Waals surface area contributed by atoms with E-state index in [0.29, 0.717) is 36.8 Å². The lowest BCUT2D eigenvalue weighted by molar-refractivity contribution is -0.139. The Morgan fingerprint density at radius 1 is 1.00 bits per heavy atom. The number of carbonyl (C=O) groups is 2. The summed E-state index contributed by atoms with van der Waals surface area (Å²) in [5, 5.41) is 3.11. The van der Waals surface area contributed by atoms with Gasteiger partial charge in [0.25, 0.3) is 0 Å². The van der Waals surface area contributed by atoms with Gasteiger partial charge in [-0.15, -0.1) is 0 Å². The van der Waals surface area contributed by atoms with Crippen molar-refractivity contribution >= 4 is 27.5 Å². The number of benzene rings is 2. The number of anilines is 1. The van der Waals surface area contributed by atoms with E-state index in [1.54, 1.807) is 25.1 Å². The zero-order valence-electron chi connectivity index (χ0n) is 22.1. The van der Waals surface area contributed by atoms with E-state index in [1.165, 1.54) is 11.3 Å². The third-order valence-electron chi connectivity index (χ3n) is 7.10. The highest BCUT2D eigenvalue weighted by molar-refractivity contribution is 7.92. The molecule has 1 atom stereocenters. The maximum Gasteiger partial charge on any atom is 0.244 e. The first-order valence-electron chi connectivity index (χ1n) is 13.2. The van der Waals surface area contributed by atoms with Gasteiger partial charge in [0, 0.05) is 18.7 Å². The third-order valence-corrected chi connectivity index (χ3v) is 8.24. The normalized spacial score (nSPS) is 16.4. The fourth-order valence-electron chi connectivity index (χ4n) is 4.94. The Hall–Kier alpha value is -3.27. The van der Waals surface area contributed by atoms with E-state index < -0.39 is 28.5 Å². The predicted octanol–water partition coefficient (Wildman–Crippen LogP) is 3.13. The predicted molar refractivity (Wildman–Crippen MR) is 146 cm³/mol. The summed E-state index contributed by atoms with van der Waals surface area (Å²) in [7, 11) is -3.82. The van der Waals surface area contributed by atoms with Crippen molar-refractivity contribution in [3.05, 3.63) is 54.1 Å². The molecule has 0 saturated heterocycles. The van der Waals surface area contributed by atoms with Gasteiger partial charge in [0.15, 0.2) is 11.5 Å². The van der Waals surface area contributed by atoms with E-state index in [2.05, 4.69) is 5.32 Å². The Labute approximate surface area is 225 Å². The number of ether oxygens (including phenoxy) is 2. The Kier molecular flexibility index (Phi) is 9.14. The molecule has 38 heavy (non-hydrogen) atoms. The van der Waals surface area contributed by atoms with Crippen molar-refractivity contribution in [2.24, 2.45) is 0 Å². The first-order chi connectivity index (χ1) is 18.2. The van der Waals surface area contributed by atoms with Crippen LogP contribution in [0.1, 0.15) is 44.6 Å². The summed E-state index contributed by atoms with van der Waals surface area (Å²) in [6.07, 6.45) is 6.79. The van der Waals surface area contributed by atoms with E-state index in [1.807, 2.05) is 30.3 Å². The van der Waals surface area contributed by atoms with Gasteiger partial charge in [-0.25, -0.2) is 8.42 Å². The van der Waals surface area contributed by atoms with Crippen LogP contribution in [0, 0.1) is 0 Å². The van der Waals surface area contributed by atoms with Gasteiger partial charge in [-0.2, -0.15) is 0 Å². The largest absolute Gasteiger partial charge is 0.486 e. The Balaban J connectivity index is 1.55. The third kappa shape index (κ3) is 7.18. The smallest absolute Gasteiger partial charge is 0.244 e. The van der Waals surface area contributed by atoms with Crippen molar-refractivity contribution in [2.75, 3.05) is 36.9 Å². The quantitative estimate of drug-likeness (QED) is 0.494. The molecule has 1 aliphatic heterocycles. The molecular formula is C28H37N3O6S. The van der Waals surface area contributed by atoms with E-state index in [-0.39, 0.29) is 18.5 Å². The highest BCUT2D eigenvalue weighted by Gasteiger charge is 2.31. The average Bonchev–Trinajstić information content (AvgIpc) is 2.92. The number of amides is 2. The second kappa shape index (κ2) is 12.5. The maximum atomic E-state index is 13.7. The Bertz CT molecular complexity index is 1210. The molecule has 2 aromatic carbocycles. The van der Waals surface area contributed by atoms with Gasteiger partial charge in [-0.05, 0) is 43.9 Å². The van der Waals surface area contributed by atoms with E-state index >= 15 is 0 Å². The minimum Gasteiger partial charge on any atom is -0.486 e. The van der Waals surface area contributed by atoms with Crippen LogP contribution in [0.15, 0.2) is 48.5 Å². The number of sulfonamides is 1. The number of hydrogen-bond acceptors (Lipinski definition) is 6. The highest BCUT2D eigenvalue weighted by atomic mass is 32.2.